The number of amides is 2. The molecule has 0 atom stereocenters. The van der Waals surface area contributed by atoms with Gasteiger partial charge in [-0.25, -0.2) is 0 Å². The standard InChI is InChI=1S/C19H22N4O2/c1-12-5-7-13(8-6-12)18(25)23-10-14(17(24)20-4)16-15(9-21-22-16)19(2,3)11-23/h5-10H,11H2,1-4H3,(H,20,24)(H,21,22). The average molecular weight is 338 g/mol. The number of aromatic amines is 1. The Kier molecular flexibility index (Phi) is 4.20. The number of nitrogens with one attached hydrogen (secondary N) is 2. The van der Waals surface area contributed by atoms with Crippen molar-refractivity contribution in [2.75, 3.05) is 13.6 Å². The maximum atomic E-state index is 13.0. The van der Waals surface area contributed by atoms with Crippen molar-refractivity contribution in [1.29, 1.82) is 0 Å². The number of nitrogens with zero attached hydrogens (tertiary/aromatic N) is 2. The molecule has 25 heavy (non-hydrogen) atoms. The van der Waals surface area contributed by atoms with Gasteiger partial charge in [-0.1, -0.05) is 31.5 Å². The molecule has 1 aromatic carbocycles. The van der Waals surface area contributed by atoms with Gasteiger partial charge in [0.1, 0.15) is 0 Å². The summed E-state index contributed by atoms with van der Waals surface area (Å²) in [6.45, 7) is 6.51. The maximum absolute atomic E-state index is 13.0. The largest absolute Gasteiger partial charge is 0.355 e. The van der Waals surface area contributed by atoms with Crippen LogP contribution in [0.15, 0.2) is 36.7 Å². The van der Waals surface area contributed by atoms with E-state index in [1.54, 1.807) is 24.3 Å². The van der Waals surface area contributed by atoms with Crippen LogP contribution in [-0.4, -0.2) is 40.5 Å². The van der Waals surface area contributed by atoms with Gasteiger partial charge in [-0.05, 0) is 19.1 Å². The van der Waals surface area contributed by atoms with E-state index in [1.807, 2.05) is 45.0 Å². The number of fused-ring (bicyclic) bond motifs is 1. The second kappa shape index (κ2) is 6.20. The average Bonchev–Trinajstić information content (AvgIpc) is 3.04. The minimum Gasteiger partial charge on any atom is -0.355 e. The quantitative estimate of drug-likeness (QED) is 0.881. The molecule has 0 fully saturated rings. The Morgan fingerprint density at radius 1 is 1.24 bits per heavy atom. The van der Waals surface area contributed by atoms with Crippen molar-refractivity contribution in [2.24, 2.45) is 0 Å². The van der Waals surface area contributed by atoms with Crippen LogP contribution in [0.1, 0.15) is 41.0 Å². The lowest BCUT2D eigenvalue weighted by Gasteiger charge is -2.28. The van der Waals surface area contributed by atoms with Crippen molar-refractivity contribution in [2.45, 2.75) is 26.2 Å². The number of hydrogen-bond donors (Lipinski definition) is 2. The van der Waals surface area contributed by atoms with Crippen LogP contribution in [-0.2, 0) is 10.2 Å². The molecule has 0 saturated heterocycles. The number of hydrogen-bond acceptors (Lipinski definition) is 3. The number of carbonyl (C=O) groups is 2. The van der Waals surface area contributed by atoms with Crippen LogP contribution in [0.3, 0.4) is 0 Å². The molecule has 0 radical (unpaired) electrons. The molecular formula is C19H22N4O2. The summed E-state index contributed by atoms with van der Waals surface area (Å²) in [7, 11) is 1.57. The van der Waals surface area contributed by atoms with Gasteiger partial charge >= 0.3 is 0 Å². The number of aromatic nitrogens is 2. The second-order valence-electron chi connectivity index (χ2n) is 6.96. The zero-order valence-electron chi connectivity index (χ0n) is 14.9. The van der Waals surface area contributed by atoms with E-state index in [0.717, 1.165) is 11.1 Å². The van der Waals surface area contributed by atoms with Crippen LogP contribution < -0.4 is 5.32 Å². The van der Waals surface area contributed by atoms with E-state index in [1.165, 1.54) is 0 Å². The molecule has 2 heterocycles. The molecule has 1 aliphatic heterocycles. The third kappa shape index (κ3) is 3.07. The summed E-state index contributed by atoms with van der Waals surface area (Å²) in [6.07, 6.45) is 3.35. The number of H-pyrrole nitrogens is 1. The Labute approximate surface area is 146 Å². The molecule has 3 rings (SSSR count). The predicted molar refractivity (Wildman–Crippen MR) is 95.9 cm³/mol. The van der Waals surface area contributed by atoms with E-state index in [9.17, 15) is 9.59 Å². The third-order valence-electron chi connectivity index (χ3n) is 4.52. The summed E-state index contributed by atoms with van der Waals surface area (Å²) in [5.74, 6) is -0.391. The zero-order chi connectivity index (χ0) is 18.2. The van der Waals surface area contributed by atoms with Gasteiger partial charge < -0.3 is 10.2 Å². The van der Waals surface area contributed by atoms with Gasteiger partial charge in [0.05, 0.1) is 17.5 Å². The maximum Gasteiger partial charge on any atom is 0.257 e. The van der Waals surface area contributed by atoms with Crippen molar-refractivity contribution in [3.05, 3.63) is 59.0 Å². The van der Waals surface area contributed by atoms with Gasteiger partial charge in [0.25, 0.3) is 11.8 Å². The van der Waals surface area contributed by atoms with E-state index in [0.29, 0.717) is 23.4 Å². The van der Waals surface area contributed by atoms with Gasteiger partial charge in [-0.15, -0.1) is 0 Å². The van der Waals surface area contributed by atoms with Crippen molar-refractivity contribution >= 4 is 17.4 Å². The van der Waals surface area contributed by atoms with Gasteiger partial charge in [0.2, 0.25) is 0 Å². The molecule has 2 N–H and O–H groups in total. The van der Waals surface area contributed by atoms with Crippen LogP contribution in [0.4, 0.5) is 0 Å². The minimum absolute atomic E-state index is 0.132. The zero-order valence-corrected chi connectivity index (χ0v) is 14.9. The molecule has 0 bridgehead atoms. The molecule has 1 aromatic heterocycles. The molecule has 6 heteroatoms. The van der Waals surface area contributed by atoms with E-state index in [4.69, 9.17) is 0 Å². The first kappa shape index (κ1) is 17.0. The first-order valence-corrected chi connectivity index (χ1v) is 8.19. The van der Waals surface area contributed by atoms with Crippen LogP contribution in [0.2, 0.25) is 0 Å². The Bertz CT molecular complexity index is 847. The van der Waals surface area contributed by atoms with Crippen molar-refractivity contribution in [1.82, 2.24) is 20.4 Å². The normalized spacial score (nSPS) is 15.8. The highest BCUT2D eigenvalue weighted by Crippen LogP contribution is 2.34. The summed E-state index contributed by atoms with van der Waals surface area (Å²) in [5, 5.41) is 9.64. The van der Waals surface area contributed by atoms with Crippen LogP contribution in [0, 0.1) is 6.92 Å². The van der Waals surface area contributed by atoms with E-state index in [2.05, 4.69) is 15.5 Å². The molecule has 2 amide bonds. The summed E-state index contributed by atoms with van der Waals surface area (Å²) >= 11 is 0. The predicted octanol–water partition coefficient (Wildman–Crippen LogP) is 2.24. The fourth-order valence-electron chi connectivity index (χ4n) is 3.08. The third-order valence-corrected chi connectivity index (χ3v) is 4.52. The molecule has 6 nitrogen and oxygen atoms in total. The Morgan fingerprint density at radius 2 is 1.92 bits per heavy atom. The lowest BCUT2D eigenvalue weighted by Crippen LogP contribution is -2.36. The van der Waals surface area contributed by atoms with Crippen molar-refractivity contribution < 1.29 is 9.59 Å². The topological polar surface area (TPSA) is 78.1 Å². The fraction of sp³-hybridized carbons (Fsp3) is 0.316. The van der Waals surface area contributed by atoms with Crippen LogP contribution in [0.5, 0.6) is 0 Å². The van der Waals surface area contributed by atoms with Gasteiger partial charge in [-0.3, -0.25) is 14.7 Å². The van der Waals surface area contributed by atoms with E-state index < -0.39 is 0 Å². The number of benzene rings is 1. The minimum atomic E-state index is -0.352. The molecule has 0 aliphatic carbocycles. The summed E-state index contributed by atoms with van der Waals surface area (Å²) in [6, 6.07) is 7.44. The summed E-state index contributed by atoms with van der Waals surface area (Å²) < 4.78 is 0. The lowest BCUT2D eigenvalue weighted by molar-refractivity contribution is -0.115. The molecular weight excluding hydrogens is 316 g/mol. The highest BCUT2D eigenvalue weighted by Gasteiger charge is 2.35. The first-order valence-electron chi connectivity index (χ1n) is 8.19. The number of carbonyl (C=O) groups excluding carboxylic acids is 2. The van der Waals surface area contributed by atoms with Crippen LogP contribution >= 0.6 is 0 Å². The Balaban J connectivity index is 2.08. The SMILES string of the molecule is CNC(=O)C1=CN(C(=O)c2ccc(C)cc2)CC(C)(C)c2cn[nH]c21. The highest BCUT2D eigenvalue weighted by molar-refractivity contribution is 6.19. The van der Waals surface area contributed by atoms with E-state index in [-0.39, 0.29) is 17.2 Å². The number of likely N-dealkylation sites (N-methyl/N-ethyl adjacent to an activating group) is 1. The van der Waals surface area contributed by atoms with Gasteiger partial charge in [0.15, 0.2) is 0 Å². The monoisotopic (exact) mass is 338 g/mol. The Hall–Kier alpha value is -2.89. The first-order chi connectivity index (χ1) is 11.8. The summed E-state index contributed by atoms with van der Waals surface area (Å²) in [5.41, 5.74) is 3.31. The van der Waals surface area contributed by atoms with E-state index >= 15 is 0 Å². The van der Waals surface area contributed by atoms with Crippen LogP contribution in [0.25, 0.3) is 5.57 Å². The fourth-order valence-corrected chi connectivity index (χ4v) is 3.08. The number of aryl methyl sites for hydroxylation is 1. The van der Waals surface area contributed by atoms with Gasteiger partial charge in [0, 0.05) is 36.3 Å². The molecule has 2 aromatic rings. The molecule has 0 unspecified atom stereocenters. The van der Waals surface area contributed by atoms with Gasteiger partial charge in [-0.2, -0.15) is 5.10 Å². The van der Waals surface area contributed by atoms with Crippen molar-refractivity contribution in [3.8, 4) is 0 Å². The molecule has 0 spiro atoms. The molecule has 0 saturated carbocycles. The summed E-state index contributed by atoms with van der Waals surface area (Å²) in [4.78, 5) is 27.0. The lowest BCUT2D eigenvalue weighted by atomic mass is 9.84. The Morgan fingerprint density at radius 3 is 2.56 bits per heavy atom. The number of rotatable bonds is 2. The highest BCUT2D eigenvalue weighted by atomic mass is 16.2. The second-order valence-corrected chi connectivity index (χ2v) is 6.96. The van der Waals surface area contributed by atoms with Crippen molar-refractivity contribution in [3.63, 3.8) is 0 Å². The smallest absolute Gasteiger partial charge is 0.257 e. The molecule has 1 aliphatic rings. The molecule has 130 valence electrons.